The first-order valence-electron chi connectivity index (χ1n) is 6.17. The molecule has 0 saturated carbocycles. The van der Waals surface area contributed by atoms with Gasteiger partial charge < -0.3 is 0 Å². The molecule has 0 aliphatic carbocycles. The van der Waals surface area contributed by atoms with Crippen molar-refractivity contribution in [3.05, 3.63) is 53.6 Å². The summed E-state index contributed by atoms with van der Waals surface area (Å²) in [7, 11) is -3.66. The number of hydrogen-bond acceptors (Lipinski definition) is 5. The minimum atomic E-state index is -3.66. The van der Waals surface area contributed by atoms with Gasteiger partial charge in [0.1, 0.15) is 0 Å². The van der Waals surface area contributed by atoms with Crippen molar-refractivity contribution in [3.63, 3.8) is 0 Å². The maximum Gasteiger partial charge on any atom is 0.261 e. The van der Waals surface area contributed by atoms with E-state index < -0.39 is 10.0 Å². The van der Waals surface area contributed by atoms with Crippen LogP contribution in [0.4, 0.5) is 5.69 Å². The number of benzene rings is 2. The molecule has 2 aromatic carbocycles. The molecule has 0 aliphatic heterocycles. The van der Waals surface area contributed by atoms with Gasteiger partial charge in [-0.3, -0.25) is 4.72 Å². The van der Waals surface area contributed by atoms with E-state index in [1.807, 2.05) is 0 Å². The van der Waals surface area contributed by atoms with E-state index >= 15 is 0 Å². The summed E-state index contributed by atoms with van der Waals surface area (Å²) < 4.78 is 27.0. The molecule has 0 radical (unpaired) electrons. The molecule has 0 saturated heterocycles. The third-order valence-electron chi connectivity index (χ3n) is 2.86. The number of hydrogen-bond donors (Lipinski definition) is 2. The fourth-order valence-electron chi connectivity index (χ4n) is 1.80. The van der Waals surface area contributed by atoms with Gasteiger partial charge in [0.2, 0.25) is 5.82 Å². The van der Waals surface area contributed by atoms with Crippen molar-refractivity contribution in [2.45, 2.75) is 4.90 Å². The normalized spacial score (nSPS) is 11.3. The molecular weight excluding hydrogens is 326 g/mol. The van der Waals surface area contributed by atoms with Crippen LogP contribution in [0.25, 0.3) is 11.4 Å². The highest BCUT2D eigenvalue weighted by Crippen LogP contribution is 2.21. The zero-order chi connectivity index (χ0) is 15.6. The highest BCUT2D eigenvalue weighted by molar-refractivity contribution is 7.92. The number of nitrogens with one attached hydrogen (secondary N) is 2. The molecule has 0 aliphatic rings. The molecule has 7 nitrogen and oxygen atoms in total. The average molecular weight is 336 g/mol. The van der Waals surface area contributed by atoms with Crippen LogP contribution in [0, 0.1) is 0 Å². The van der Waals surface area contributed by atoms with Gasteiger partial charge in [-0.1, -0.05) is 11.6 Å². The Kier molecular flexibility index (Phi) is 3.78. The van der Waals surface area contributed by atoms with Crippen LogP contribution in [0.5, 0.6) is 0 Å². The van der Waals surface area contributed by atoms with Crippen LogP contribution in [0.2, 0.25) is 5.02 Å². The topological polar surface area (TPSA) is 101 Å². The Balaban J connectivity index is 1.82. The Morgan fingerprint density at radius 3 is 2.27 bits per heavy atom. The van der Waals surface area contributed by atoms with E-state index in [1.54, 1.807) is 24.3 Å². The predicted octanol–water partition coefficient (Wildman–Crippen LogP) is 2.32. The van der Waals surface area contributed by atoms with Crippen LogP contribution >= 0.6 is 11.6 Å². The van der Waals surface area contributed by atoms with Crippen LogP contribution in [0.1, 0.15) is 0 Å². The van der Waals surface area contributed by atoms with Gasteiger partial charge in [-0.05, 0) is 53.7 Å². The molecule has 0 spiro atoms. The lowest BCUT2D eigenvalue weighted by atomic mass is 10.2. The molecule has 0 unspecified atom stereocenters. The molecule has 1 heterocycles. The van der Waals surface area contributed by atoms with Gasteiger partial charge in [0.05, 0.1) is 4.90 Å². The highest BCUT2D eigenvalue weighted by atomic mass is 35.5. The van der Waals surface area contributed by atoms with Crippen molar-refractivity contribution in [1.82, 2.24) is 20.6 Å². The summed E-state index contributed by atoms with van der Waals surface area (Å²) in [6.07, 6.45) is 0. The van der Waals surface area contributed by atoms with Crippen molar-refractivity contribution in [3.8, 4) is 11.4 Å². The molecule has 0 fully saturated rings. The van der Waals surface area contributed by atoms with Gasteiger partial charge in [0.15, 0.2) is 0 Å². The number of sulfonamides is 1. The maximum absolute atomic E-state index is 12.2. The largest absolute Gasteiger partial charge is 0.280 e. The highest BCUT2D eigenvalue weighted by Gasteiger charge is 2.14. The minimum Gasteiger partial charge on any atom is -0.280 e. The number of H-pyrrole nitrogens is 1. The molecule has 3 rings (SSSR count). The summed E-state index contributed by atoms with van der Waals surface area (Å²) in [5, 5.41) is 14.0. The van der Waals surface area contributed by atoms with E-state index in [-0.39, 0.29) is 4.90 Å². The second-order valence-electron chi connectivity index (χ2n) is 4.37. The Morgan fingerprint density at radius 1 is 1.00 bits per heavy atom. The molecule has 0 atom stereocenters. The number of aromatic nitrogens is 4. The second-order valence-corrected chi connectivity index (χ2v) is 6.49. The van der Waals surface area contributed by atoms with Gasteiger partial charge in [0.25, 0.3) is 10.0 Å². The zero-order valence-electron chi connectivity index (χ0n) is 11.1. The number of anilines is 1. The van der Waals surface area contributed by atoms with Crippen molar-refractivity contribution >= 4 is 27.3 Å². The quantitative estimate of drug-likeness (QED) is 0.762. The predicted molar refractivity (Wildman–Crippen MR) is 81.9 cm³/mol. The van der Waals surface area contributed by atoms with Gasteiger partial charge in [-0.15, -0.1) is 10.2 Å². The molecule has 0 bridgehead atoms. The molecule has 1 aromatic heterocycles. The molecule has 0 amide bonds. The summed E-state index contributed by atoms with van der Waals surface area (Å²) >= 11 is 5.75. The monoisotopic (exact) mass is 335 g/mol. The number of halogens is 1. The van der Waals surface area contributed by atoms with Crippen LogP contribution in [-0.2, 0) is 10.0 Å². The maximum atomic E-state index is 12.2. The third kappa shape index (κ3) is 3.07. The van der Waals surface area contributed by atoms with Crippen molar-refractivity contribution in [2.24, 2.45) is 0 Å². The molecule has 3 aromatic rings. The SMILES string of the molecule is O=S(=O)(Nc1ccc(-c2nn[nH]n2)cc1)c1ccc(Cl)cc1. The van der Waals surface area contributed by atoms with Gasteiger partial charge in [0, 0.05) is 16.3 Å². The van der Waals surface area contributed by atoms with E-state index in [0.29, 0.717) is 16.5 Å². The Morgan fingerprint density at radius 2 is 1.68 bits per heavy atom. The summed E-state index contributed by atoms with van der Waals surface area (Å²) in [5.74, 6) is 0.437. The number of tetrazole rings is 1. The van der Waals surface area contributed by atoms with Crippen molar-refractivity contribution in [1.29, 1.82) is 0 Å². The van der Waals surface area contributed by atoms with Crippen LogP contribution < -0.4 is 4.72 Å². The van der Waals surface area contributed by atoms with Crippen molar-refractivity contribution < 1.29 is 8.42 Å². The fraction of sp³-hybridized carbons (Fsp3) is 0. The minimum absolute atomic E-state index is 0.138. The molecule has 9 heteroatoms. The summed E-state index contributed by atoms with van der Waals surface area (Å²) in [4.78, 5) is 0.138. The lowest BCUT2D eigenvalue weighted by molar-refractivity contribution is 0.601. The molecule has 22 heavy (non-hydrogen) atoms. The van der Waals surface area contributed by atoms with Crippen LogP contribution in [-0.4, -0.2) is 29.0 Å². The molecular formula is C13H10ClN5O2S. The number of nitrogens with zero attached hydrogens (tertiary/aromatic N) is 3. The average Bonchev–Trinajstić information content (AvgIpc) is 3.02. The standard InChI is InChI=1S/C13H10ClN5O2S/c14-10-3-7-12(8-4-10)22(20,21)17-11-5-1-9(2-6-11)13-15-18-19-16-13/h1-8,17H,(H,15,16,18,19). The van der Waals surface area contributed by atoms with Gasteiger partial charge in [-0.2, -0.15) is 5.21 Å². The Hall–Kier alpha value is -2.45. The first kappa shape index (κ1) is 14.5. The van der Waals surface area contributed by atoms with Crippen molar-refractivity contribution in [2.75, 3.05) is 4.72 Å². The Bertz CT molecular complexity index is 862. The molecule has 112 valence electrons. The lowest BCUT2D eigenvalue weighted by Crippen LogP contribution is -2.12. The van der Waals surface area contributed by atoms with Crippen LogP contribution in [0.15, 0.2) is 53.4 Å². The first-order valence-corrected chi connectivity index (χ1v) is 8.03. The van der Waals surface area contributed by atoms with E-state index in [2.05, 4.69) is 25.3 Å². The molecule has 2 N–H and O–H groups in total. The summed E-state index contributed by atoms with van der Waals surface area (Å²) in [6.45, 7) is 0. The second kappa shape index (κ2) is 5.74. The number of rotatable bonds is 4. The summed E-state index contributed by atoms with van der Waals surface area (Å²) in [6, 6.07) is 12.6. The van der Waals surface area contributed by atoms with E-state index in [4.69, 9.17) is 11.6 Å². The van der Waals surface area contributed by atoms with Gasteiger partial charge >= 0.3 is 0 Å². The van der Waals surface area contributed by atoms with E-state index in [1.165, 1.54) is 24.3 Å². The Labute approximate surface area is 131 Å². The smallest absolute Gasteiger partial charge is 0.261 e. The zero-order valence-corrected chi connectivity index (χ0v) is 12.6. The summed E-state index contributed by atoms with van der Waals surface area (Å²) in [5.41, 5.74) is 1.16. The van der Waals surface area contributed by atoms with E-state index in [9.17, 15) is 8.42 Å². The fourth-order valence-corrected chi connectivity index (χ4v) is 2.98. The van der Waals surface area contributed by atoms with Crippen LogP contribution in [0.3, 0.4) is 0 Å². The lowest BCUT2D eigenvalue weighted by Gasteiger charge is -2.08. The van der Waals surface area contributed by atoms with Gasteiger partial charge in [-0.25, -0.2) is 8.42 Å². The third-order valence-corrected chi connectivity index (χ3v) is 4.51. The first-order chi connectivity index (χ1) is 10.5. The number of aromatic amines is 1. The van der Waals surface area contributed by atoms with E-state index in [0.717, 1.165) is 5.56 Å².